The minimum Gasteiger partial charge on any atom is -0.489 e. The Morgan fingerprint density at radius 3 is 2.51 bits per heavy atom. The molecule has 1 unspecified atom stereocenters. The number of hydrogen-bond donors (Lipinski definition) is 2. The van der Waals surface area contributed by atoms with Gasteiger partial charge in [-0.1, -0.05) is 6.07 Å². The quantitative estimate of drug-likeness (QED) is 0.346. The molecule has 2 aromatic carbocycles. The maximum absolute atomic E-state index is 14.5. The Bertz CT molecular complexity index is 1360. The van der Waals surface area contributed by atoms with Crippen molar-refractivity contribution in [2.24, 2.45) is 11.7 Å². The van der Waals surface area contributed by atoms with Crippen molar-refractivity contribution in [2.45, 2.75) is 32.0 Å². The van der Waals surface area contributed by atoms with Crippen molar-refractivity contribution in [3.8, 4) is 23.0 Å². The van der Waals surface area contributed by atoms with Crippen LogP contribution in [-0.2, 0) is 11.3 Å². The maximum atomic E-state index is 14.5. The molecule has 1 fully saturated rings. The summed E-state index contributed by atoms with van der Waals surface area (Å²) in [7, 11) is 2.82. The van der Waals surface area contributed by atoms with Crippen LogP contribution >= 0.6 is 0 Å². The lowest BCUT2D eigenvalue weighted by Gasteiger charge is -2.22. The van der Waals surface area contributed by atoms with E-state index in [-0.39, 0.29) is 46.5 Å². The number of benzene rings is 2. The Labute approximate surface area is 220 Å². The second kappa shape index (κ2) is 11.7. The van der Waals surface area contributed by atoms with E-state index in [1.807, 2.05) is 0 Å². The zero-order valence-electron chi connectivity index (χ0n) is 21.0. The van der Waals surface area contributed by atoms with Gasteiger partial charge < -0.3 is 29.8 Å². The molecule has 3 N–H and O–H groups in total. The van der Waals surface area contributed by atoms with Gasteiger partial charge >= 0.3 is 6.61 Å². The van der Waals surface area contributed by atoms with E-state index < -0.39 is 36.1 Å². The summed E-state index contributed by atoms with van der Waals surface area (Å²) in [5.74, 6) is -3.40. The second-order valence-corrected chi connectivity index (χ2v) is 9.09. The number of nitrogens with two attached hydrogens (primary N) is 1. The Morgan fingerprint density at radius 1 is 1.15 bits per heavy atom. The Kier molecular flexibility index (Phi) is 8.38. The molecule has 1 aromatic heterocycles. The second-order valence-electron chi connectivity index (χ2n) is 9.09. The standard InChI is InChI=1S/C26H26F4N4O5/c1-34(2)25(36)21(16-7-6-15(27)10-17(16)28)32-23(35)22-20(11-31)38-24(33-22)14-5-8-18(39-26(29)30)19(9-14)37-12-13-3-4-13/h5-10,13,21,26H,3-4,11-12,31H2,1-2H3,(H,32,35). The first kappa shape index (κ1) is 27.9. The van der Waals surface area contributed by atoms with Gasteiger partial charge in [0.05, 0.1) is 13.2 Å². The molecule has 2 amide bonds. The van der Waals surface area contributed by atoms with E-state index in [0.29, 0.717) is 18.6 Å². The molecule has 0 aliphatic heterocycles. The minimum absolute atomic E-state index is 0.0432. The summed E-state index contributed by atoms with van der Waals surface area (Å²) in [6.45, 7) is -3.01. The number of aromatic nitrogens is 1. The lowest BCUT2D eigenvalue weighted by Crippen LogP contribution is -2.40. The van der Waals surface area contributed by atoms with E-state index in [1.165, 1.54) is 32.3 Å². The van der Waals surface area contributed by atoms with Crippen molar-refractivity contribution in [2.75, 3.05) is 20.7 Å². The van der Waals surface area contributed by atoms with Crippen LogP contribution in [0.5, 0.6) is 11.5 Å². The third-order valence-electron chi connectivity index (χ3n) is 5.91. The number of nitrogens with zero attached hydrogens (tertiary/aromatic N) is 2. The van der Waals surface area contributed by atoms with Crippen LogP contribution in [0.15, 0.2) is 40.8 Å². The van der Waals surface area contributed by atoms with Crippen molar-refractivity contribution in [3.05, 3.63) is 65.1 Å². The predicted octanol–water partition coefficient (Wildman–Crippen LogP) is 4.03. The van der Waals surface area contributed by atoms with E-state index in [0.717, 1.165) is 29.9 Å². The maximum Gasteiger partial charge on any atom is 0.387 e. The highest BCUT2D eigenvalue weighted by molar-refractivity contribution is 5.97. The largest absolute Gasteiger partial charge is 0.489 e. The molecular formula is C26H26F4N4O5. The Hall–Kier alpha value is -4.13. The predicted molar refractivity (Wildman–Crippen MR) is 130 cm³/mol. The van der Waals surface area contributed by atoms with E-state index in [9.17, 15) is 27.2 Å². The summed E-state index contributed by atoms with van der Waals surface area (Å²) in [5, 5.41) is 2.41. The van der Waals surface area contributed by atoms with Gasteiger partial charge in [-0.2, -0.15) is 8.78 Å². The monoisotopic (exact) mass is 550 g/mol. The third kappa shape index (κ3) is 6.66. The van der Waals surface area contributed by atoms with E-state index in [2.05, 4.69) is 15.0 Å². The summed E-state index contributed by atoms with van der Waals surface area (Å²) in [5.41, 5.74) is 5.49. The number of nitrogens with one attached hydrogen (secondary N) is 1. The fourth-order valence-electron chi connectivity index (χ4n) is 3.70. The van der Waals surface area contributed by atoms with Gasteiger partial charge in [-0.25, -0.2) is 13.8 Å². The SMILES string of the molecule is CN(C)C(=O)C(NC(=O)c1nc(-c2ccc(OC(F)F)c(OCC3CC3)c2)oc1CN)c1ccc(F)cc1F. The lowest BCUT2D eigenvalue weighted by atomic mass is 10.0. The number of ether oxygens (including phenoxy) is 2. The molecule has 1 heterocycles. The molecule has 0 bridgehead atoms. The van der Waals surface area contributed by atoms with Gasteiger partial charge in [0.1, 0.15) is 17.7 Å². The van der Waals surface area contributed by atoms with Crippen LogP contribution in [0.3, 0.4) is 0 Å². The molecule has 4 rings (SSSR count). The van der Waals surface area contributed by atoms with Crippen molar-refractivity contribution in [1.29, 1.82) is 0 Å². The minimum atomic E-state index is -3.07. The number of carbonyl (C=O) groups excluding carboxylic acids is 2. The summed E-state index contributed by atoms with van der Waals surface area (Å²) < 4.78 is 69.6. The molecule has 208 valence electrons. The van der Waals surface area contributed by atoms with Gasteiger partial charge in [0.25, 0.3) is 5.91 Å². The number of carbonyl (C=O) groups is 2. The first-order valence-electron chi connectivity index (χ1n) is 12.0. The van der Waals surface area contributed by atoms with Gasteiger partial charge in [-0.05, 0) is 43.0 Å². The molecule has 1 atom stereocenters. The van der Waals surface area contributed by atoms with Crippen LogP contribution < -0.4 is 20.5 Å². The normalized spacial score (nSPS) is 13.7. The molecule has 9 nitrogen and oxygen atoms in total. The smallest absolute Gasteiger partial charge is 0.387 e. The fraction of sp³-hybridized carbons (Fsp3) is 0.346. The zero-order chi connectivity index (χ0) is 28.3. The first-order valence-corrected chi connectivity index (χ1v) is 12.0. The molecular weight excluding hydrogens is 524 g/mol. The van der Waals surface area contributed by atoms with Crippen LogP contribution in [0.25, 0.3) is 11.5 Å². The third-order valence-corrected chi connectivity index (χ3v) is 5.91. The van der Waals surface area contributed by atoms with Gasteiger partial charge in [-0.3, -0.25) is 9.59 Å². The highest BCUT2D eigenvalue weighted by atomic mass is 19.3. The van der Waals surface area contributed by atoms with Crippen LogP contribution in [-0.4, -0.2) is 49.0 Å². The van der Waals surface area contributed by atoms with Crippen molar-refractivity contribution >= 4 is 11.8 Å². The van der Waals surface area contributed by atoms with E-state index in [1.54, 1.807) is 0 Å². The average Bonchev–Trinajstić information content (AvgIpc) is 3.62. The molecule has 1 saturated carbocycles. The number of alkyl halides is 2. The number of oxazole rings is 1. The molecule has 39 heavy (non-hydrogen) atoms. The molecule has 1 aliphatic carbocycles. The summed E-state index contributed by atoms with van der Waals surface area (Å²) in [6.07, 6.45) is 1.95. The lowest BCUT2D eigenvalue weighted by molar-refractivity contribution is -0.130. The van der Waals surface area contributed by atoms with Crippen LogP contribution in [0.2, 0.25) is 0 Å². The van der Waals surface area contributed by atoms with Crippen molar-refractivity contribution < 1.29 is 41.0 Å². The fourth-order valence-corrected chi connectivity index (χ4v) is 3.70. The highest BCUT2D eigenvalue weighted by Gasteiger charge is 2.30. The average molecular weight is 551 g/mol. The van der Waals surface area contributed by atoms with Gasteiger partial charge in [0, 0.05) is 31.3 Å². The number of hydrogen-bond acceptors (Lipinski definition) is 7. The number of halogens is 4. The number of amides is 2. The van der Waals surface area contributed by atoms with E-state index >= 15 is 0 Å². The molecule has 0 saturated heterocycles. The van der Waals surface area contributed by atoms with Crippen LogP contribution in [0.4, 0.5) is 17.6 Å². The van der Waals surface area contributed by atoms with E-state index in [4.69, 9.17) is 14.9 Å². The number of likely N-dealkylation sites (N-methyl/N-ethyl adjacent to an activating group) is 1. The van der Waals surface area contributed by atoms with Gasteiger partial charge in [0.15, 0.2) is 23.0 Å². The first-order chi connectivity index (χ1) is 18.6. The van der Waals surface area contributed by atoms with Crippen LogP contribution in [0, 0.1) is 17.6 Å². The van der Waals surface area contributed by atoms with Crippen molar-refractivity contribution in [1.82, 2.24) is 15.2 Å². The highest BCUT2D eigenvalue weighted by Crippen LogP contribution is 2.36. The van der Waals surface area contributed by atoms with Crippen LogP contribution in [0.1, 0.15) is 40.7 Å². The summed E-state index contributed by atoms with van der Waals surface area (Å²) >= 11 is 0. The molecule has 1 aliphatic rings. The topological polar surface area (TPSA) is 120 Å². The molecule has 3 aromatic rings. The van der Waals surface area contributed by atoms with Gasteiger partial charge in [0.2, 0.25) is 11.8 Å². The zero-order valence-corrected chi connectivity index (χ0v) is 21.0. The summed E-state index contributed by atoms with van der Waals surface area (Å²) in [6, 6.07) is 5.15. The Balaban J connectivity index is 1.64. The van der Waals surface area contributed by atoms with Gasteiger partial charge in [-0.15, -0.1) is 0 Å². The molecule has 0 spiro atoms. The summed E-state index contributed by atoms with van der Waals surface area (Å²) in [4.78, 5) is 31.3. The molecule has 0 radical (unpaired) electrons. The Morgan fingerprint density at radius 2 is 1.90 bits per heavy atom. The number of rotatable bonds is 11. The van der Waals surface area contributed by atoms with Crippen molar-refractivity contribution in [3.63, 3.8) is 0 Å². The molecule has 13 heteroatoms.